The van der Waals surface area contributed by atoms with Crippen LogP contribution in [0.4, 0.5) is 0 Å². The van der Waals surface area contributed by atoms with E-state index in [1.807, 2.05) is 0 Å². The summed E-state index contributed by atoms with van der Waals surface area (Å²) in [5.41, 5.74) is 0.839. The molecule has 10 heteroatoms. The average molecular weight is 412 g/mol. The third-order valence-corrected chi connectivity index (χ3v) is 7.25. The van der Waals surface area contributed by atoms with Gasteiger partial charge in [0.05, 0.1) is 25.2 Å². The van der Waals surface area contributed by atoms with E-state index in [0.29, 0.717) is 54.6 Å². The van der Waals surface area contributed by atoms with Crippen molar-refractivity contribution < 1.29 is 27.5 Å². The molecule has 3 rings (SSSR count). The third kappa shape index (κ3) is 4.34. The summed E-state index contributed by atoms with van der Waals surface area (Å²) in [6, 6.07) is 5.75. The zero-order valence-corrected chi connectivity index (χ0v) is 16.4. The van der Waals surface area contributed by atoms with Gasteiger partial charge in [0.15, 0.2) is 0 Å². The summed E-state index contributed by atoms with van der Waals surface area (Å²) in [5, 5.41) is 2.72. The molecule has 1 aromatic rings. The summed E-state index contributed by atoms with van der Waals surface area (Å²) >= 11 is 1.34. The zero-order valence-electron chi connectivity index (χ0n) is 14.8. The summed E-state index contributed by atoms with van der Waals surface area (Å²) in [7, 11) is -2.31. The molecule has 2 heterocycles. The summed E-state index contributed by atoms with van der Waals surface area (Å²) in [5.74, 6) is -0.180. The number of carbonyl (C=O) groups excluding carboxylic acids is 2. The Balaban J connectivity index is 1.73. The van der Waals surface area contributed by atoms with Crippen LogP contribution in [-0.4, -0.2) is 63.8 Å². The van der Waals surface area contributed by atoms with Crippen molar-refractivity contribution in [1.29, 1.82) is 0 Å². The Morgan fingerprint density at radius 2 is 1.85 bits per heavy atom. The van der Waals surface area contributed by atoms with E-state index >= 15 is 0 Å². The van der Waals surface area contributed by atoms with Crippen LogP contribution in [0.5, 0.6) is 0 Å². The fourth-order valence-electron chi connectivity index (χ4n) is 2.77. The maximum atomic E-state index is 12.6. The highest BCUT2D eigenvalue weighted by molar-refractivity contribution is 8.04. The number of esters is 1. The number of amides is 1. The van der Waals surface area contributed by atoms with E-state index < -0.39 is 21.9 Å². The van der Waals surface area contributed by atoms with Crippen molar-refractivity contribution in [3.8, 4) is 0 Å². The smallest absolute Gasteiger partial charge is 0.346 e. The molecule has 0 bridgehead atoms. The second kappa shape index (κ2) is 8.42. The molecule has 0 unspecified atom stereocenters. The van der Waals surface area contributed by atoms with Gasteiger partial charge in [-0.3, -0.25) is 4.79 Å². The van der Waals surface area contributed by atoms with Gasteiger partial charge in [-0.15, -0.1) is 11.8 Å². The number of morpholine rings is 1. The summed E-state index contributed by atoms with van der Waals surface area (Å²) < 4.78 is 36.5. The van der Waals surface area contributed by atoms with E-state index in [9.17, 15) is 18.0 Å². The lowest BCUT2D eigenvalue weighted by atomic mass is 10.2. The van der Waals surface area contributed by atoms with E-state index in [0.717, 1.165) is 0 Å². The number of benzene rings is 1. The standard InChI is InChI=1S/C17H20N2O6S2/c1-24-17(21)15-14(6-11-26-15)18-16(20)12-2-4-13(5-3-12)27(22,23)19-7-9-25-10-8-19/h2-5H,6-11H2,1H3,(H,18,20). The number of methoxy groups -OCH3 is 1. The average Bonchev–Trinajstić information content (AvgIpc) is 3.16. The quantitative estimate of drug-likeness (QED) is 0.719. The molecule has 8 nitrogen and oxygen atoms in total. The van der Waals surface area contributed by atoms with Gasteiger partial charge in [0.2, 0.25) is 10.0 Å². The van der Waals surface area contributed by atoms with Crippen LogP contribution < -0.4 is 5.32 Å². The van der Waals surface area contributed by atoms with Gasteiger partial charge in [0.1, 0.15) is 4.91 Å². The molecule has 0 aliphatic carbocycles. The third-order valence-electron chi connectivity index (χ3n) is 4.23. The molecule has 0 atom stereocenters. The van der Waals surface area contributed by atoms with Crippen LogP contribution in [0.3, 0.4) is 0 Å². The van der Waals surface area contributed by atoms with Gasteiger partial charge in [-0.1, -0.05) is 0 Å². The molecule has 1 N–H and O–H groups in total. The van der Waals surface area contributed by atoms with Crippen molar-refractivity contribution in [3.63, 3.8) is 0 Å². The molecule has 0 aromatic heterocycles. The summed E-state index contributed by atoms with van der Waals surface area (Å²) in [6.45, 7) is 1.37. The van der Waals surface area contributed by atoms with Gasteiger partial charge in [0, 0.05) is 30.1 Å². The number of carbonyl (C=O) groups is 2. The number of ether oxygens (including phenoxy) is 2. The Morgan fingerprint density at radius 3 is 2.48 bits per heavy atom. The highest BCUT2D eigenvalue weighted by atomic mass is 32.2. The van der Waals surface area contributed by atoms with Crippen LogP contribution in [0.15, 0.2) is 39.8 Å². The lowest BCUT2D eigenvalue weighted by molar-refractivity contribution is -0.135. The highest BCUT2D eigenvalue weighted by Crippen LogP contribution is 2.30. The number of hydrogen-bond acceptors (Lipinski definition) is 7. The summed E-state index contributed by atoms with van der Waals surface area (Å²) in [6.07, 6.45) is 0.560. The first-order valence-electron chi connectivity index (χ1n) is 8.37. The second-order valence-corrected chi connectivity index (χ2v) is 8.94. The van der Waals surface area contributed by atoms with E-state index in [4.69, 9.17) is 9.47 Å². The summed E-state index contributed by atoms with van der Waals surface area (Å²) in [4.78, 5) is 24.7. The Labute approximate surface area is 161 Å². The molecule has 0 radical (unpaired) electrons. The van der Waals surface area contributed by atoms with Gasteiger partial charge in [0.25, 0.3) is 5.91 Å². The molecule has 1 aromatic carbocycles. The number of nitrogens with zero attached hydrogens (tertiary/aromatic N) is 1. The fourth-order valence-corrected chi connectivity index (χ4v) is 5.22. The van der Waals surface area contributed by atoms with E-state index in [-0.39, 0.29) is 4.90 Å². The van der Waals surface area contributed by atoms with Crippen molar-refractivity contribution in [2.45, 2.75) is 11.3 Å². The minimum absolute atomic E-state index is 0.131. The van der Waals surface area contributed by atoms with Gasteiger partial charge >= 0.3 is 5.97 Å². The van der Waals surface area contributed by atoms with Crippen molar-refractivity contribution >= 4 is 33.7 Å². The van der Waals surface area contributed by atoms with Gasteiger partial charge in [-0.05, 0) is 30.7 Å². The Bertz CT molecular complexity index is 858. The van der Waals surface area contributed by atoms with Crippen LogP contribution in [0.1, 0.15) is 16.8 Å². The molecule has 0 spiro atoms. The predicted molar refractivity (Wildman–Crippen MR) is 99.6 cm³/mol. The van der Waals surface area contributed by atoms with Gasteiger partial charge < -0.3 is 14.8 Å². The van der Waals surface area contributed by atoms with Gasteiger partial charge in [-0.2, -0.15) is 4.31 Å². The number of sulfonamides is 1. The first kappa shape index (κ1) is 19.9. The molecule has 0 saturated carbocycles. The molecule has 1 fully saturated rings. The van der Waals surface area contributed by atoms with E-state index in [2.05, 4.69) is 5.32 Å². The lowest BCUT2D eigenvalue weighted by Crippen LogP contribution is -2.40. The first-order valence-corrected chi connectivity index (χ1v) is 10.8. The molecular weight excluding hydrogens is 392 g/mol. The van der Waals surface area contributed by atoms with Crippen LogP contribution in [-0.2, 0) is 24.3 Å². The van der Waals surface area contributed by atoms with Gasteiger partial charge in [-0.25, -0.2) is 13.2 Å². The molecule has 27 heavy (non-hydrogen) atoms. The minimum Gasteiger partial charge on any atom is -0.465 e. The van der Waals surface area contributed by atoms with Crippen molar-refractivity contribution in [1.82, 2.24) is 9.62 Å². The Morgan fingerprint density at radius 1 is 1.19 bits per heavy atom. The monoisotopic (exact) mass is 412 g/mol. The fraction of sp³-hybridized carbons (Fsp3) is 0.412. The molecule has 146 valence electrons. The van der Waals surface area contributed by atoms with E-state index in [1.54, 1.807) is 0 Å². The number of thioether (sulfide) groups is 1. The largest absolute Gasteiger partial charge is 0.465 e. The number of nitrogens with one attached hydrogen (secondary N) is 1. The Hall–Kier alpha value is -1.88. The zero-order chi connectivity index (χ0) is 19.4. The maximum absolute atomic E-state index is 12.6. The molecule has 2 aliphatic heterocycles. The second-order valence-electron chi connectivity index (χ2n) is 5.89. The topological polar surface area (TPSA) is 102 Å². The number of rotatable bonds is 5. The highest BCUT2D eigenvalue weighted by Gasteiger charge is 2.27. The molecular formula is C17H20N2O6S2. The predicted octanol–water partition coefficient (Wildman–Crippen LogP) is 0.959. The molecule has 1 saturated heterocycles. The van der Waals surface area contributed by atoms with E-state index in [1.165, 1.54) is 47.4 Å². The van der Waals surface area contributed by atoms with Crippen LogP contribution in [0.25, 0.3) is 0 Å². The van der Waals surface area contributed by atoms with Crippen LogP contribution in [0.2, 0.25) is 0 Å². The maximum Gasteiger partial charge on any atom is 0.346 e. The lowest BCUT2D eigenvalue weighted by Gasteiger charge is -2.26. The molecule has 2 aliphatic rings. The Kier molecular flexibility index (Phi) is 6.20. The van der Waals surface area contributed by atoms with Crippen LogP contribution >= 0.6 is 11.8 Å². The molecule has 1 amide bonds. The van der Waals surface area contributed by atoms with Crippen molar-refractivity contribution in [2.75, 3.05) is 39.2 Å². The van der Waals surface area contributed by atoms with Crippen molar-refractivity contribution in [2.24, 2.45) is 0 Å². The number of allylic oxidation sites excluding steroid dienone is 1. The minimum atomic E-state index is -3.60. The van der Waals surface area contributed by atoms with Crippen LogP contribution in [0, 0.1) is 0 Å². The van der Waals surface area contributed by atoms with Crippen molar-refractivity contribution in [3.05, 3.63) is 40.4 Å². The SMILES string of the molecule is COC(=O)C1=C(NC(=O)c2ccc(S(=O)(=O)N3CCOCC3)cc2)CCS1. The number of hydrogen-bond donors (Lipinski definition) is 1. The normalized spacial score (nSPS) is 18.4. The first-order chi connectivity index (χ1) is 12.9.